The molecule has 1 fully saturated rings. The largest absolute Gasteiger partial charge is 0.497 e. The Balaban J connectivity index is 2.17. The zero-order chi connectivity index (χ0) is 14.8. The number of methoxy groups -OCH3 is 1. The van der Waals surface area contributed by atoms with E-state index in [1.165, 1.54) is 0 Å². The fourth-order valence-electron chi connectivity index (χ4n) is 2.35. The summed E-state index contributed by atoms with van der Waals surface area (Å²) in [6.07, 6.45) is 1.60. The number of hydrogen-bond donors (Lipinski definition) is 2. The maximum Gasteiger partial charge on any atom is 0.241 e. The van der Waals surface area contributed by atoms with E-state index >= 15 is 0 Å². The van der Waals surface area contributed by atoms with E-state index in [4.69, 9.17) is 4.74 Å². The van der Waals surface area contributed by atoms with Gasteiger partial charge in [0.2, 0.25) is 10.0 Å². The summed E-state index contributed by atoms with van der Waals surface area (Å²) in [4.78, 5) is 0.240. The number of rotatable bonds is 4. The van der Waals surface area contributed by atoms with Crippen molar-refractivity contribution in [3.8, 4) is 5.75 Å². The third-order valence-electron chi connectivity index (χ3n) is 3.37. The molecular formula is C13H19BrN2O3S. The molecule has 1 aliphatic heterocycles. The molecule has 5 nitrogen and oxygen atoms in total. The highest BCUT2D eigenvalue weighted by molar-refractivity contribution is 9.10. The van der Waals surface area contributed by atoms with E-state index < -0.39 is 10.0 Å². The van der Waals surface area contributed by atoms with Gasteiger partial charge in [0.05, 0.1) is 12.0 Å². The Morgan fingerprint density at radius 3 is 2.80 bits per heavy atom. The number of sulfonamides is 1. The lowest BCUT2D eigenvalue weighted by Crippen LogP contribution is -2.46. The number of benzene rings is 1. The lowest BCUT2D eigenvalue weighted by atomic mass is 10.0. The molecule has 2 atom stereocenters. The summed E-state index contributed by atoms with van der Waals surface area (Å²) < 4.78 is 33.2. The molecule has 0 aliphatic carbocycles. The molecule has 2 rings (SSSR count). The Kier molecular flexibility index (Phi) is 5.06. The Hall–Kier alpha value is -0.630. The van der Waals surface area contributed by atoms with Crippen LogP contribution in [0.4, 0.5) is 0 Å². The molecule has 1 saturated heterocycles. The van der Waals surface area contributed by atoms with Gasteiger partial charge in [0.25, 0.3) is 0 Å². The molecule has 0 bridgehead atoms. The Morgan fingerprint density at radius 2 is 2.20 bits per heavy atom. The van der Waals surface area contributed by atoms with Crippen LogP contribution in [0.2, 0.25) is 0 Å². The van der Waals surface area contributed by atoms with E-state index in [0.717, 1.165) is 19.4 Å². The maximum atomic E-state index is 12.4. The van der Waals surface area contributed by atoms with Crippen LogP contribution in [0.25, 0.3) is 0 Å². The van der Waals surface area contributed by atoms with E-state index in [0.29, 0.717) is 16.3 Å². The van der Waals surface area contributed by atoms with Gasteiger partial charge in [-0.1, -0.05) is 0 Å². The summed E-state index contributed by atoms with van der Waals surface area (Å²) in [6.45, 7) is 2.89. The van der Waals surface area contributed by atoms with Crippen molar-refractivity contribution in [3.63, 3.8) is 0 Å². The number of halogens is 1. The van der Waals surface area contributed by atoms with Crippen molar-refractivity contribution in [2.75, 3.05) is 13.7 Å². The van der Waals surface area contributed by atoms with Crippen LogP contribution in [0.1, 0.15) is 19.8 Å². The normalized spacial score (nSPS) is 23.6. The summed E-state index contributed by atoms with van der Waals surface area (Å²) >= 11 is 3.29. The minimum atomic E-state index is -3.52. The van der Waals surface area contributed by atoms with E-state index in [9.17, 15) is 8.42 Å². The smallest absolute Gasteiger partial charge is 0.241 e. The van der Waals surface area contributed by atoms with Crippen LogP contribution in [-0.4, -0.2) is 34.2 Å². The highest BCUT2D eigenvalue weighted by Gasteiger charge is 2.25. The van der Waals surface area contributed by atoms with Crippen molar-refractivity contribution >= 4 is 26.0 Å². The number of hydrogen-bond acceptors (Lipinski definition) is 4. The van der Waals surface area contributed by atoms with Crippen LogP contribution in [0.5, 0.6) is 5.75 Å². The molecule has 1 aromatic rings. The molecule has 0 amide bonds. The van der Waals surface area contributed by atoms with E-state index in [2.05, 4.69) is 32.9 Å². The summed E-state index contributed by atoms with van der Waals surface area (Å²) in [5.74, 6) is 0.617. The minimum absolute atomic E-state index is 0.0229. The van der Waals surface area contributed by atoms with Gasteiger partial charge in [-0.25, -0.2) is 13.1 Å². The third kappa shape index (κ3) is 3.72. The first-order valence-electron chi connectivity index (χ1n) is 6.51. The molecule has 112 valence electrons. The molecule has 1 aromatic carbocycles. The average Bonchev–Trinajstić information content (AvgIpc) is 2.37. The molecule has 1 heterocycles. The standard InChI is InChI=1S/C13H19BrN2O3S/c1-9-7-10(5-6-15-9)16-20(17,18)13-4-3-11(19-2)8-12(13)14/h3-4,8-10,15-16H,5-7H2,1-2H3. The number of piperidine rings is 1. The fourth-order valence-corrected chi connectivity index (χ4v) is 4.69. The van der Waals surface area contributed by atoms with Crippen LogP contribution in [-0.2, 0) is 10.0 Å². The minimum Gasteiger partial charge on any atom is -0.497 e. The van der Waals surface area contributed by atoms with Crippen LogP contribution in [0.3, 0.4) is 0 Å². The van der Waals surface area contributed by atoms with Crippen molar-refractivity contribution in [2.45, 2.75) is 36.7 Å². The van der Waals surface area contributed by atoms with Crippen LogP contribution in [0, 0.1) is 0 Å². The Labute approximate surface area is 128 Å². The van der Waals surface area contributed by atoms with Crippen molar-refractivity contribution < 1.29 is 13.2 Å². The van der Waals surface area contributed by atoms with Crippen molar-refractivity contribution in [1.29, 1.82) is 0 Å². The van der Waals surface area contributed by atoms with Gasteiger partial charge in [-0.3, -0.25) is 0 Å². The first kappa shape index (κ1) is 15.8. The summed E-state index contributed by atoms with van der Waals surface area (Å²) in [5.41, 5.74) is 0. The monoisotopic (exact) mass is 362 g/mol. The summed E-state index contributed by atoms with van der Waals surface area (Å²) in [6, 6.07) is 5.15. The van der Waals surface area contributed by atoms with Gasteiger partial charge in [-0.2, -0.15) is 0 Å². The summed E-state index contributed by atoms with van der Waals surface area (Å²) in [7, 11) is -1.97. The second kappa shape index (κ2) is 6.43. The number of ether oxygens (including phenoxy) is 1. The molecule has 0 spiro atoms. The Bertz CT molecular complexity index is 577. The molecule has 0 saturated carbocycles. The van der Waals surface area contributed by atoms with Crippen LogP contribution in [0.15, 0.2) is 27.6 Å². The predicted octanol–water partition coefficient (Wildman–Crippen LogP) is 1.88. The van der Waals surface area contributed by atoms with E-state index in [-0.39, 0.29) is 10.9 Å². The fraction of sp³-hybridized carbons (Fsp3) is 0.538. The van der Waals surface area contributed by atoms with Crippen molar-refractivity contribution in [2.24, 2.45) is 0 Å². The lowest BCUT2D eigenvalue weighted by molar-refractivity contribution is 0.361. The van der Waals surface area contributed by atoms with Crippen molar-refractivity contribution in [3.05, 3.63) is 22.7 Å². The quantitative estimate of drug-likeness (QED) is 0.857. The van der Waals surface area contributed by atoms with E-state index in [1.54, 1.807) is 25.3 Å². The number of nitrogens with one attached hydrogen (secondary N) is 2. The van der Waals surface area contributed by atoms with E-state index in [1.807, 2.05) is 0 Å². The van der Waals surface area contributed by atoms with Gasteiger partial charge in [0.1, 0.15) is 5.75 Å². The van der Waals surface area contributed by atoms with Crippen molar-refractivity contribution in [1.82, 2.24) is 10.0 Å². The highest BCUT2D eigenvalue weighted by Crippen LogP contribution is 2.27. The molecule has 2 unspecified atom stereocenters. The maximum absolute atomic E-state index is 12.4. The van der Waals surface area contributed by atoms with Gasteiger partial charge < -0.3 is 10.1 Å². The topological polar surface area (TPSA) is 67.4 Å². The second-order valence-corrected chi connectivity index (χ2v) is 7.53. The zero-order valence-electron chi connectivity index (χ0n) is 11.5. The zero-order valence-corrected chi connectivity index (χ0v) is 13.9. The second-order valence-electron chi connectivity index (χ2n) is 4.99. The van der Waals surface area contributed by atoms with Gasteiger partial charge in [0, 0.05) is 16.6 Å². The first-order valence-corrected chi connectivity index (χ1v) is 8.79. The molecule has 2 N–H and O–H groups in total. The first-order chi connectivity index (χ1) is 9.42. The summed E-state index contributed by atoms with van der Waals surface area (Å²) in [5, 5.41) is 3.30. The third-order valence-corrected chi connectivity index (χ3v) is 5.87. The SMILES string of the molecule is COc1ccc(S(=O)(=O)NC2CCNC(C)C2)c(Br)c1. The van der Waals surface area contributed by atoms with Gasteiger partial charge >= 0.3 is 0 Å². The highest BCUT2D eigenvalue weighted by atomic mass is 79.9. The lowest BCUT2D eigenvalue weighted by Gasteiger charge is -2.28. The molecular weight excluding hydrogens is 344 g/mol. The molecule has 1 aliphatic rings. The molecule has 7 heteroatoms. The molecule has 20 heavy (non-hydrogen) atoms. The van der Waals surface area contributed by atoms with Crippen LogP contribution >= 0.6 is 15.9 Å². The van der Waals surface area contributed by atoms with Gasteiger partial charge in [-0.05, 0) is 60.4 Å². The molecule has 0 aromatic heterocycles. The predicted molar refractivity (Wildman–Crippen MR) is 81.5 cm³/mol. The van der Waals surface area contributed by atoms with Gasteiger partial charge in [-0.15, -0.1) is 0 Å². The molecule has 0 radical (unpaired) electrons. The Morgan fingerprint density at radius 1 is 1.45 bits per heavy atom. The average molecular weight is 363 g/mol. The van der Waals surface area contributed by atoms with Gasteiger partial charge in [0.15, 0.2) is 0 Å². The van der Waals surface area contributed by atoms with Crippen LogP contribution < -0.4 is 14.8 Å².